The molecule has 0 spiro atoms. The molecule has 0 amide bonds. The fourth-order valence-corrected chi connectivity index (χ4v) is 7.83. The number of fused-ring (bicyclic) bond motifs is 7. The van der Waals surface area contributed by atoms with Gasteiger partial charge in [0.05, 0.1) is 22.1 Å². The molecule has 2 heteroatoms. The number of aromatic nitrogens is 2. The fourth-order valence-electron chi connectivity index (χ4n) is 7.83. The lowest BCUT2D eigenvalue weighted by atomic mass is 9.98. The summed E-state index contributed by atoms with van der Waals surface area (Å²) in [5, 5.41) is 4.97. The summed E-state index contributed by atoms with van der Waals surface area (Å²) in [4.78, 5) is 0. The highest BCUT2D eigenvalue weighted by molar-refractivity contribution is 6.23. The summed E-state index contributed by atoms with van der Waals surface area (Å²) < 4.78 is 4.98. The van der Waals surface area contributed by atoms with Crippen molar-refractivity contribution in [2.75, 3.05) is 0 Å². The molecule has 10 rings (SSSR count). The minimum Gasteiger partial charge on any atom is -0.307 e. The lowest BCUT2D eigenvalue weighted by molar-refractivity contribution is 1.15. The van der Waals surface area contributed by atoms with Gasteiger partial charge < -0.3 is 9.13 Å². The van der Waals surface area contributed by atoms with Gasteiger partial charge in [-0.3, -0.25) is 0 Å². The third kappa shape index (κ3) is 4.50. The Labute approximate surface area is 290 Å². The van der Waals surface area contributed by atoms with E-state index in [0.717, 1.165) is 11.4 Å². The maximum atomic E-state index is 2.50. The molecule has 0 bridgehead atoms. The fraction of sp³-hybridized carbons (Fsp3) is 0. The highest BCUT2D eigenvalue weighted by Crippen LogP contribution is 2.43. The van der Waals surface area contributed by atoms with Crippen LogP contribution in [0.5, 0.6) is 0 Å². The van der Waals surface area contributed by atoms with Gasteiger partial charge >= 0.3 is 0 Å². The largest absolute Gasteiger partial charge is 0.307 e. The van der Waals surface area contributed by atoms with Crippen LogP contribution in [0.2, 0.25) is 0 Å². The highest BCUT2D eigenvalue weighted by Gasteiger charge is 2.22. The molecular weight excluding hydrogens is 605 g/mol. The maximum absolute atomic E-state index is 2.50. The topological polar surface area (TPSA) is 9.86 Å². The van der Waals surface area contributed by atoms with E-state index in [4.69, 9.17) is 0 Å². The van der Waals surface area contributed by atoms with E-state index in [1.165, 1.54) is 77.0 Å². The van der Waals surface area contributed by atoms with Gasteiger partial charge in [-0.15, -0.1) is 0 Å². The number of para-hydroxylation sites is 2. The van der Waals surface area contributed by atoms with E-state index in [1.54, 1.807) is 0 Å². The van der Waals surface area contributed by atoms with Gasteiger partial charge in [-0.25, -0.2) is 0 Å². The summed E-state index contributed by atoms with van der Waals surface area (Å²) in [5.41, 5.74) is 14.3. The molecule has 234 valence electrons. The van der Waals surface area contributed by atoms with Crippen LogP contribution in [0.15, 0.2) is 194 Å². The van der Waals surface area contributed by atoms with Crippen LogP contribution in [0.25, 0.3) is 88.4 Å². The molecule has 0 aliphatic carbocycles. The predicted molar refractivity (Wildman–Crippen MR) is 211 cm³/mol. The highest BCUT2D eigenvalue weighted by atomic mass is 15.0. The lowest BCUT2D eigenvalue weighted by Gasteiger charge is -2.16. The Bertz CT molecular complexity index is 2780. The van der Waals surface area contributed by atoms with Crippen molar-refractivity contribution in [3.05, 3.63) is 194 Å². The number of benzene rings is 8. The van der Waals surface area contributed by atoms with Gasteiger partial charge in [0.2, 0.25) is 0 Å². The van der Waals surface area contributed by atoms with Gasteiger partial charge in [-0.2, -0.15) is 0 Å². The van der Waals surface area contributed by atoms with Crippen molar-refractivity contribution in [2.24, 2.45) is 0 Å². The normalized spacial score (nSPS) is 11.6. The Balaban J connectivity index is 1.35. The van der Waals surface area contributed by atoms with Crippen LogP contribution in [-0.4, -0.2) is 9.13 Å². The van der Waals surface area contributed by atoms with Crippen LogP contribution in [0, 0.1) is 0 Å². The van der Waals surface area contributed by atoms with Crippen LogP contribution in [0.3, 0.4) is 0 Å². The lowest BCUT2D eigenvalue weighted by Crippen LogP contribution is -2.00. The molecule has 8 aromatic carbocycles. The zero-order chi connectivity index (χ0) is 33.0. The predicted octanol–water partition coefficient (Wildman–Crippen LogP) is 12.9. The number of nitrogens with zero attached hydrogens (tertiary/aromatic N) is 2. The molecule has 50 heavy (non-hydrogen) atoms. The van der Waals surface area contributed by atoms with Crippen molar-refractivity contribution in [1.29, 1.82) is 0 Å². The third-order valence-corrected chi connectivity index (χ3v) is 10.1. The maximum Gasteiger partial charge on any atom is 0.0788 e. The molecule has 0 aliphatic rings. The summed E-state index contributed by atoms with van der Waals surface area (Å²) in [6.45, 7) is 0. The third-order valence-electron chi connectivity index (χ3n) is 10.1. The van der Waals surface area contributed by atoms with E-state index in [-0.39, 0.29) is 0 Å². The molecule has 2 nitrogen and oxygen atoms in total. The van der Waals surface area contributed by atoms with E-state index in [9.17, 15) is 0 Å². The second kappa shape index (κ2) is 11.5. The van der Waals surface area contributed by atoms with Gasteiger partial charge in [-0.05, 0) is 75.8 Å². The monoisotopic (exact) mass is 636 g/mol. The summed E-state index contributed by atoms with van der Waals surface area (Å²) in [7, 11) is 0. The first-order valence-corrected chi connectivity index (χ1v) is 17.2. The SMILES string of the molecule is c1ccc(-c2cccc(-n3c4ccccc4c4ccc5c6ccccc6n(-c6cc(-c7ccccc7)cc(-c7ccccc7)c6)c5c43)c2)cc1. The first-order chi connectivity index (χ1) is 24.8. The molecule has 2 heterocycles. The molecule has 0 unspecified atom stereocenters. The molecule has 10 aromatic rings. The molecule has 0 radical (unpaired) electrons. The second-order valence-corrected chi connectivity index (χ2v) is 13.0. The van der Waals surface area contributed by atoms with Gasteiger partial charge in [0, 0.05) is 32.9 Å². The van der Waals surface area contributed by atoms with Gasteiger partial charge in [-0.1, -0.05) is 152 Å². The molecule has 2 aromatic heterocycles. The Kier molecular flexibility index (Phi) is 6.53. The van der Waals surface area contributed by atoms with E-state index in [0.29, 0.717) is 0 Å². The number of hydrogen-bond acceptors (Lipinski definition) is 0. The Morgan fingerprint density at radius 2 is 0.640 bits per heavy atom. The van der Waals surface area contributed by atoms with Crippen molar-refractivity contribution in [1.82, 2.24) is 9.13 Å². The van der Waals surface area contributed by atoms with Crippen LogP contribution in [-0.2, 0) is 0 Å². The molecule has 0 atom stereocenters. The van der Waals surface area contributed by atoms with Crippen molar-refractivity contribution in [2.45, 2.75) is 0 Å². The van der Waals surface area contributed by atoms with Crippen LogP contribution >= 0.6 is 0 Å². The van der Waals surface area contributed by atoms with Crippen molar-refractivity contribution in [3.8, 4) is 44.8 Å². The first-order valence-electron chi connectivity index (χ1n) is 17.2. The number of rotatable bonds is 5. The summed E-state index contributed by atoms with van der Waals surface area (Å²) in [6.07, 6.45) is 0. The Morgan fingerprint density at radius 3 is 1.16 bits per heavy atom. The number of hydrogen-bond donors (Lipinski definition) is 0. The zero-order valence-electron chi connectivity index (χ0n) is 27.4. The Hall–Kier alpha value is -6.64. The molecule has 0 saturated heterocycles. The van der Waals surface area contributed by atoms with Crippen LogP contribution in [0.4, 0.5) is 0 Å². The van der Waals surface area contributed by atoms with Gasteiger partial charge in [0.1, 0.15) is 0 Å². The minimum absolute atomic E-state index is 1.14. The quantitative estimate of drug-likeness (QED) is 0.178. The Morgan fingerprint density at radius 1 is 0.240 bits per heavy atom. The van der Waals surface area contributed by atoms with Crippen LogP contribution in [0.1, 0.15) is 0 Å². The summed E-state index contributed by atoms with van der Waals surface area (Å²) in [6, 6.07) is 70.5. The average molecular weight is 637 g/mol. The average Bonchev–Trinajstić information content (AvgIpc) is 3.72. The van der Waals surface area contributed by atoms with Crippen LogP contribution < -0.4 is 0 Å². The van der Waals surface area contributed by atoms with Gasteiger partial charge in [0.25, 0.3) is 0 Å². The minimum atomic E-state index is 1.14. The molecular formula is C48H32N2. The van der Waals surface area contributed by atoms with Gasteiger partial charge in [0.15, 0.2) is 0 Å². The standard InChI is InChI=1S/C48H32N2/c1-4-15-33(16-5-1)36-21-14-22-39(30-36)49-45-25-12-10-23-41(45)43-27-28-44-42-24-11-13-26-46(42)50(48(44)47(43)49)40-31-37(34-17-6-2-7-18-34)29-38(32-40)35-19-8-3-9-20-35/h1-32H. The van der Waals surface area contributed by atoms with Crippen molar-refractivity contribution < 1.29 is 0 Å². The second-order valence-electron chi connectivity index (χ2n) is 13.0. The zero-order valence-corrected chi connectivity index (χ0v) is 27.4. The molecule has 0 aliphatic heterocycles. The smallest absolute Gasteiger partial charge is 0.0788 e. The molecule has 0 fully saturated rings. The van der Waals surface area contributed by atoms with Crippen molar-refractivity contribution in [3.63, 3.8) is 0 Å². The van der Waals surface area contributed by atoms with E-state index in [1.807, 2.05) is 0 Å². The summed E-state index contributed by atoms with van der Waals surface area (Å²) >= 11 is 0. The van der Waals surface area contributed by atoms with E-state index in [2.05, 4.69) is 203 Å². The molecule has 0 saturated carbocycles. The van der Waals surface area contributed by atoms with E-state index < -0.39 is 0 Å². The van der Waals surface area contributed by atoms with E-state index >= 15 is 0 Å². The first kappa shape index (κ1) is 28.4. The van der Waals surface area contributed by atoms with Crippen molar-refractivity contribution >= 4 is 43.6 Å². The molecule has 0 N–H and O–H groups in total. The summed E-state index contributed by atoms with van der Waals surface area (Å²) in [5.74, 6) is 0.